The summed E-state index contributed by atoms with van der Waals surface area (Å²) in [4.78, 5) is 134. The van der Waals surface area contributed by atoms with Crippen molar-refractivity contribution >= 4 is 64.1 Å². The molecule has 2 aliphatic carbocycles. The van der Waals surface area contributed by atoms with E-state index in [1.807, 2.05) is 0 Å². The summed E-state index contributed by atoms with van der Waals surface area (Å²) in [6.07, 6.45) is 5.40. The number of carbonyl (C=O) groups is 9. The van der Waals surface area contributed by atoms with Crippen molar-refractivity contribution in [1.29, 1.82) is 0 Å². The van der Waals surface area contributed by atoms with Gasteiger partial charge in [0, 0.05) is 60.0 Å². The summed E-state index contributed by atoms with van der Waals surface area (Å²) in [5.41, 5.74) is 2.35. The second kappa shape index (κ2) is 23.2. The molecule has 0 radical (unpaired) electrons. The third-order valence-electron chi connectivity index (χ3n) is 15.2. The van der Waals surface area contributed by atoms with E-state index >= 15 is 4.39 Å². The SMILES string of the molecule is CC[C@@]1(O)C(=O)OCc2c1cc1n(c2=O)Cc2c-1nc1cc(F)c(C)c3c1c2[C@@H](NC(=O)C1CC(OCNC(=O)CNC(=O)[C@H](Cc2ccccc2)NC(=O)CNC(=O)CNC(=O)CCCCCN2C(=O)C=CC2=O)C1)CC3. The lowest BCUT2D eigenvalue weighted by Crippen LogP contribution is -2.52. The monoisotopic (exact) mass is 1070 g/mol. The molecule has 0 unspecified atom stereocenters. The zero-order chi connectivity index (χ0) is 55.4. The average Bonchev–Trinajstić information content (AvgIpc) is 4.16. The highest BCUT2D eigenvalue weighted by atomic mass is 19.1. The lowest BCUT2D eigenvalue weighted by molar-refractivity contribution is -0.172. The normalized spacial score (nSPS) is 19.9. The number of cyclic esters (lactones) is 1. The van der Waals surface area contributed by atoms with Crippen LogP contribution < -0.4 is 37.5 Å². The van der Waals surface area contributed by atoms with Gasteiger partial charge in [-0.1, -0.05) is 43.7 Å². The van der Waals surface area contributed by atoms with Crippen molar-refractivity contribution in [2.45, 2.75) is 115 Å². The smallest absolute Gasteiger partial charge is 0.343 e. The summed E-state index contributed by atoms with van der Waals surface area (Å²) in [6.45, 7) is 1.82. The van der Waals surface area contributed by atoms with Gasteiger partial charge in [0.2, 0.25) is 35.4 Å². The molecular weight excluding hydrogens is 1010 g/mol. The molecule has 3 aliphatic heterocycles. The topological polar surface area (TPSA) is 303 Å². The first kappa shape index (κ1) is 54.6. The Kier molecular flexibility index (Phi) is 16.2. The van der Waals surface area contributed by atoms with E-state index in [-0.39, 0.29) is 80.6 Å². The van der Waals surface area contributed by atoms with Gasteiger partial charge in [-0.05, 0) is 80.2 Å². The molecule has 0 spiro atoms. The van der Waals surface area contributed by atoms with Gasteiger partial charge in [-0.15, -0.1) is 0 Å². The number of unbranched alkanes of at least 4 members (excludes halogenated alkanes) is 2. The maximum atomic E-state index is 15.4. The quantitative estimate of drug-likeness (QED) is 0.0221. The van der Waals surface area contributed by atoms with E-state index in [1.165, 1.54) is 22.8 Å². The summed E-state index contributed by atoms with van der Waals surface area (Å²) in [6, 6.07) is 10.1. The molecule has 5 aliphatic rings. The number of hydrogen-bond donors (Lipinski definition) is 7. The number of aromatic nitrogens is 2. The Morgan fingerprint density at radius 3 is 2.32 bits per heavy atom. The van der Waals surface area contributed by atoms with Gasteiger partial charge in [-0.2, -0.15) is 0 Å². The summed E-state index contributed by atoms with van der Waals surface area (Å²) in [5.74, 6) is -5.64. The van der Waals surface area contributed by atoms with Crippen molar-refractivity contribution in [2.24, 2.45) is 5.92 Å². The van der Waals surface area contributed by atoms with E-state index in [4.69, 9.17) is 14.5 Å². The van der Waals surface area contributed by atoms with Gasteiger partial charge in [-0.25, -0.2) is 14.2 Å². The van der Waals surface area contributed by atoms with Gasteiger partial charge >= 0.3 is 5.97 Å². The van der Waals surface area contributed by atoms with Crippen molar-refractivity contribution in [1.82, 2.24) is 46.4 Å². The van der Waals surface area contributed by atoms with Crippen molar-refractivity contribution < 1.29 is 62.1 Å². The fourth-order valence-corrected chi connectivity index (χ4v) is 10.7. The first-order valence-corrected chi connectivity index (χ1v) is 26.1. The highest BCUT2D eigenvalue weighted by Gasteiger charge is 2.46. The van der Waals surface area contributed by atoms with Gasteiger partial charge in [0.05, 0.1) is 60.8 Å². The van der Waals surface area contributed by atoms with Crippen LogP contribution in [0, 0.1) is 18.7 Å². The minimum Gasteiger partial charge on any atom is -0.458 e. The number of amides is 8. The second-order valence-corrected chi connectivity index (χ2v) is 20.2. The van der Waals surface area contributed by atoms with Gasteiger partial charge in [-0.3, -0.25) is 48.1 Å². The van der Waals surface area contributed by atoms with E-state index in [2.05, 4.69) is 31.9 Å². The number of nitrogens with zero attached hydrogens (tertiary/aromatic N) is 3. The summed E-state index contributed by atoms with van der Waals surface area (Å²) in [5, 5.41) is 27.9. The fourth-order valence-electron chi connectivity index (χ4n) is 10.7. The number of aliphatic hydroxyl groups is 1. The Labute approximate surface area is 446 Å². The zero-order valence-electron chi connectivity index (χ0n) is 43.1. The van der Waals surface area contributed by atoms with E-state index in [1.54, 1.807) is 50.2 Å². The molecule has 0 bridgehead atoms. The molecule has 8 amide bonds. The third kappa shape index (κ3) is 11.4. The molecule has 410 valence electrons. The molecular formula is C55H60FN9O13. The number of pyridine rings is 2. The first-order valence-electron chi connectivity index (χ1n) is 26.1. The number of halogens is 1. The van der Waals surface area contributed by atoms with Crippen molar-refractivity contribution in [2.75, 3.05) is 32.9 Å². The van der Waals surface area contributed by atoms with E-state index in [0.717, 1.165) is 16.0 Å². The number of esters is 1. The van der Waals surface area contributed by atoms with Crippen LogP contribution in [-0.4, -0.2) is 118 Å². The Balaban J connectivity index is 0.725. The summed E-state index contributed by atoms with van der Waals surface area (Å²) in [7, 11) is 0. The molecule has 1 fully saturated rings. The van der Waals surface area contributed by atoms with Crippen molar-refractivity contribution in [3.8, 4) is 11.4 Å². The van der Waals surface area contributed by atoms with Crippen LogP contribution in [0.5, 0.6) is 0 Å². The predicted molar refractivity (Wildman–Crippen MR) is 274 cm³/mol. The van der Waals surface area contributed by atoms with E-state index in [9.17, 15) is 53.1 Å². The van der Waals surface area contributed by atoms with Crippen molar-refractivity contribution in [3.63, 3.8) is 0 Å². The molecule has 2 aromatic heterocycles. The number of carbonyl (C=O) groups excluding carboxylic acids is 9. The molecule has 23 heteroatoms. The number of rotatable bonds is 22. The second-order valence-electron chi connectivity index (χ2n) is 20.2. The molecule has 3 atom stereocenters. The molecule has 1 saturated carbocycles. The number of fused-ring (bicyclic) bond motifs is 5. The van der Waals surface area contributed by atoms with Gasteiger partial charge < -0.3 is 51.0 Å². The highest BCUT2D eigenvalue weighted by molar-refractivity contribution is 6.12. The van der Waals surface area contributed by atoms with Crippen LogP contribution in [0.3, 0.4) is 0 Å². The van der Waals surface area contributed by atoms with Crippen LogP contribution in [-0.2, 0) is 84.2 Å². The molecule has 5 heterocycles. The Hall–Kier alpha value is -8.18. The van der Waals surface area contributed by atoms with Gasteiger partial charge in [0.25, 0.3) is 17.4 Å². The molecule has 7 N–H and O–H groups in total. The van der Waals surface area contributed by atoms with Crippen LogP contribution in [0.2, 0.25) is 0 Å². The third-order valence-corrected chi connectivity index (χ3v) is 15.2. The highest BCUT2D eigenvalue weighted by Crippen LogP contribution is 2.46. The average molecular weight is 1070 g/mol. The minimum atomic E-state index is -2.03. The van der Waals surface area contributed by atoms with Crippen LogP contribution in [0.25, 0.3) is 22.3 Å². The molecule has 0 saturated heterocycles. The lowest BCUT2D eigenvalue weighted by Gasteiger charge is -2.36. The Morgan fingerprint density at radius 1 is 0.872 bits per heavy atom. The lowest BCUT2D eigenvalue weighted by atomic mass is 9.79. The van der Waals surface area contributed by atoms with Crippen LogP contribution in [0.4, 0.5) is 4.39 Å². The van der Waals surface area contributed by atoms with Crippen LogP contribution >= 0.6 is 0 Å². The Morgan fingerprint density at radius 2 is 1.58 bits per heavy atom. The number of benzene rings is 2. The molecule has 4 aromatic rings. The van der Waals surface area contributed by atoms with Gasteiger partial charge in [0.1, 0.15) is 25.2 Å². The number of hydrogen-bond acceptors (Lipinski definition) is 14. The minimum absolute atomic E-state index is 0.0312. The predicted octanol–water partition coefficient (Wildman–Crippen LogP) is 1.06. The van der Waals surface area contributed by atoms with Crippen LogP contribution in [0.15, 0.2) is 59.4 Å². The summed E-state index contributed by atoms with van der Waals surface area (Å²) >= 11 is 0. The van der Waals surface area contributed by atoms with Gasteiger partial charge in [0.15, 0.2) is 5.60 Å². The zero-order valence-corrected chi connectivity index (χ0v) is 43.1. The molecule has 2 aromatic carbocycles. The maximum absolute atomic E-state index is 15.4. The largest absolute Gasteiger partial charge is 0.458 e. The molecule has 22 nitrogen and oxygen atoms in total. The standard InChI is InChI=1S/C55H60FN9O13/c1-3-55(76)36-21-41-50-34(26-65(41)53(74)35(36)27-77-54(55)75)49-38(14-13-33-29(2)37(56)22-39(62-50)48(33)49)63-51(72)31-19-32(20-31)78-28-60-44(68)24-59-52(73)40(18-30-10-6-4-7-11-30)61-45(69)25-58-43(67)23-57-42(66)12-8-5-9-17-64-46(70)15-16-47(64)71/h4,6-7,10-11,15-16,21-22,31-32,38,40,76H,3,5,8-9,12-14,17-20,23-28H2,1-2H3,(H,57,66)(H,58,67)(H,59,73)(H,60,68)(H,61,69)(H,63,72)/t31?,32?,38-,40-,55-/m0/s1. The Bertz CT molecular complexity index is 3210. The number of nitrogens with one attached hydrogen (secondary N) is 6. The first-order chi connectivity index (χ1) is 37.4. The maximum Gasteiger partial charge on any atom is 0.343 e. The van der Waals surface area contributed by atoms with Crippen molar-refractivity contribution in [3.05, 3.63) is 110 Å². The number of ether oxygens (including phenoxy) is 2. The summed E-state index contributed by atoms with van der Waals surface area (Å²) < 4.78 is 28.0. The number of imide groups is 1. The molecule has 9 rings (SSSR count). The fraction of sp³-hybridized carbons (Fsp3) is 0.436. The van der Waals surface area contributed by atoms with E-state index in [0.29, 0.717) is 83.9 Å². The van der Waals surface area contributed by atoms with E-state index < -0.39 is 90.1 Å². The van der Waals surface area contributed by atoms with Crippen LogP contribution in [0.1, 0.15) is 103 Å². The number of aryl methyl sites for hydroxylation is 1. The molecule has 78 heavy (non-hydrogen) atoms.